The lowest BCUT2D eigenvalue weighted by Crippen LogP contribution is -2.18. The smallest absolute Gasteiger partial charge is 0.283 e. The van der Waals surface area contributed by atoms with Crippen LogP contribution in [0.3, 0.4) is 0 Å². The average molecular weight is 339 g/mol. The summed E-state index contributed by atoms with van der Waals surface area (Å²) >= 11 is 3.29. The molecule has 0 amide bonds. The zero-order chi connectivity index (χ0) is 14.7. The van der Waals surface area contributed by atoms with Crippen LogP contribution in [-0.4, -0.2) is 4.92 Å². The Kier molecular flexibility index (Phi) is 4.57. The lowest BCUT2D eigenvalue weighted by Gasteiger charge is -2.12. The van der Waals surface area contributed by atoms with Crippen LogP contribution < -0.4 is 5.32 Å². The maximum absolute atomic E-state index is 10.9. The lowest BCUT2D eigenvalue weighted by atomic mass is 10.2. The Morgan fingerprint density at radius 2 is 2.15 bits per heavy atom. The summed E-state index contributed by atoms with van der Waals surface area (Å²) in [4.78, 5) is 10.5. The molecule has 1 aromatic heterocycles. The largest absolute Gasteiger partial charge is 0.465 e. The molecule has 2 aromatic rings. The van der Waals surface area contributed by atoms with Gasteiger partial charge in [0.15, 0.2) is 0 Å². The fourth-order valence-corrected chi connectivity index (χ4v) is 2.44. The molecule has 106 valence electrons. The van der Waals surface area contributed by atoms with Crippen molar-refractivity contribution in [2.75, 3.05) is 0 Å². The van der Waals surface area contributed by atoms with Gasteiger partial charge in [0.2, 0.25) is 0 Å². The molecule has 1 atom stereocenters. The molecular formula is C14H15BrN2O3. The van der Waals surface area contributed by atoms with Crippen molar-refractivity contribution in [2.24, 2.45) is 0 Å². The second kappa shape index (κ2) is 6.19. The van der Waals surface area contributed by atoms with Gasteiger partial charge in [-0.2, -0.15) is 0 Å². The van der Waals surface area contributed by atoms with Gasteiger partial charge in [-0.05, 0) is 47.5 Å². The summed E-state index contributed by atoms with van der Waals surface area (Å²) in [7, 11) is 0. The van der Waals surface area contributed by atoms with Crippen LogP contribution in [-0.2, 0) is 6.54 Å². The van der Waals surface area contributed by atoms with Gasteiger partial charge >= 0.3 is 0 Å². The first kappa shape index (κ1) is 14.7. The number of hydrogen-bond donors (Lipinski definition) is 1. The number of nitrogens with one attached hydrogen (secondary N) is 1. The van der Waals surface area contributed by atoms with Crippen LogP contribution in [0.2, 0.25) is 0 Å². The minimum Gasteiger partial charge on any atom is -0.465 e. The fourth-order valence-electron chi connectivity index (χ4n) is 1.89. The molecule has 0 aliphatic rings. The maximum atomic E-state index is 10.9. The first-order chi connectivity index (χ1) is 9.49. The fraction of sp³-hybridized carbons (Fsp3) is 0.286. The van der Waals surface area contributed by atoms with Crippen molar-refractivity contribution >= 4 is 21.6 Å². The molecule has 6 heteroatoms. The van der Waals surface area contributed by atoms with E-state index in [1.54, 1.807) is 6.07 Å². The monoisotopic (exact) mass is 338 g/mol. The minimum atomic E-state index is -0.396. The predicted molar refractivity (Wildman–Crippen MR) is 79.5 cm³/mol. The number of rotatable bonds is 5. The molecule has 1 unspecified atom stereocenters. The van der Waals surface area contributed by atoms with E-state index >= 15 is 0 Å². The third kappa shape index (κ3) is 3.26. The number of nitro groups is 1. The van der Waals surface area contributed by atoms with Crippen molar-refractivity contribution in [3.05, 3.63) is 62.0 Å². The molecule has 0 saturated carbocycles. The Morgan fingerprint density at radius 3 is 2.75 bits per heavy atom. The molecule has 0 aliphatic heterocycles. The SMILES string of the molecule is Cc1ccc(C(C)NCc2cccc([N+](=O)[O-])c2Br)o1. The second-order valence-electron chi connectivity index (χ2n) is 4.56. The van der Waals surface area contributed by atoms with Gasteiger partial charge in [0.25, 0.3) is 5.69 Å². The van der Waals surface area contributed by atoms with Gasteiger partial charge in [0.05, 0.1) is 15.4 Å². The number of furan rings is 1. The van der Waals surface area contributed by atoms with Crippen molar-refractivity contribution in [2.45, 2.75) is 26.4 Å². The Bertz CT molecular complexity index is 625. The summed E-state index contributed by atoms with van der Waals surface area (Å²) in [5.41, 5.74) is 0.917. The van der Waals surface area contributed by atoms with E-state index in [2.05, 4.69) is 21.2 Å². The summed E-state index contributed by atoms with van der Waals surface area (Å²) in [6, 6.07) is 8.89. The molecule has 1 N–H and O–H groups in total. The van der Waals surface area contributed by atoms with E-state index in [4.69, 9.17) is 4.42 Å². The van der Waals surface area contributed by atoms with E-state index in [0.717, 1.165) is 17.1 Å². The van der Waals surface area contributed by atoms with Crippen LogP contribution in [0.25, 0.3) is 0 Å². The Morgan fingerprint density at radius 1 is 1.40 bits per heavy atom. The number of nitrogens with zero attached hydrogens (tertiary/aromatic N) is 1. The van der Waals surface area contributed by atoms with Gasteiger partial charge in [0, 0.05) is 12.6 Å². The lowest BCUT2D eigenvalue weighted by molar-refractivity contribution is -0.385. The van der Waals surface area contributed by atoms with Crippen LogP contribution >= 0.6 is 15.9 Å². The Hall–Kier alpha value is -1.66. The molecule has 2 rings (SSSR count). The number of nitro benzene ring substituents is 1. The molecule has 1 heterocycles. The van der Waals surface area contributed by atoms with Gasteiger partial charge in [-0.15, -0.1) is 0 Å². The second-order valence-corrected chi connectivity index (χ2v) is 5.35. The summed E-state index contributed by atoms with van der Waals surface area (Å²) in [5.74, 6) is 1.72. The van der Waals surface area contributed by atoms with E-state index in [0.29, 0.717) is 11.0 Å². The third-order valence-electron chi connectivity index (χ3n) is 3.04. The Balaban J connectivity index is 2.08. The first-order valence-electron chi connectivity index (χ1n) is 6.20. The molecule has 0 fully saturated rings. The molecule has 0 spiro atoms. The topological polar surface area (TPSA) is 68.3 Å². The van der Waals surface area contributed by atoms with Crippen molar-refractivity contribution < 1.29 is 9.34 Å². The highest BCUT2D eigenvalue weighted by Crippen LogP contribution is 2.28. The van der Waals surface area contributed by atoms with Crippen LogP contribution in [0.1, 0.15) is 30.0 Å². The van der Waals surface area contributed by atoms with Crippen LogP contribution in [0.4, 0.5) is 5.69 Å². The average Bonchev–Trinajstić information content (AvgIpc) is 2.83. The summed E-state index contributed by atoms with van der Waals surface area (Å²) < 4.78 is 6.06. The van der Waals surface area contributed by atoms with Crippen LogP contribution in [0.15, 0.2) is 39.2 Å². The molecule has 1 aromatic carbocycles. The molecule has 0 aliphatic carbocycles. The van der Waals surface area contributed by atoms with Crippen molar-refractivity contribution in [3.8, 4) is 0 Å². The summed E-state index contributed by atoms with van der Waals surface area (Å²) in [6.07, 6.45) is 0. The zero-order valence-electron chi connectivity index (χ0n) is 11.2. The van der Waals surface area contributed by atoms with Gasteiger partial charge in [-0.1, -0.05) is 12.1 Å². The molecule has 0 bridgehead atoms. The zero-order valence-corrected chi connectivity index (χ0v) is 12.8. The van der Waals surface area contributed by atoms with Gasteiger partial charge in [-0.25, -0.2) is 0 Å². The van der Waals surface area contributed by atoms with Gasteiger partial charge in [0.1, 0.15) is 11.5 Å². The van der Waals surface area contributed by atoms with E-state index in [9.17, 15) is 10.1 Å². The quantitative estimate of drug-likeness (QED) is 0.657. The van der Waals surface area contributed by atoms with Crippen LogP contribution in [0.5, 0.6) is 0 Å². The van der Waals surface area contributed by atoms with E-state index in [-0.39, 0.29) is 11.7 Å². The van der Waals surface area contributed by atoms with E-state index in [1.165, 1.54) is 6.07 Å². The van der Waals surface area contributed by atoms with Crippen LogP contribution in [0, 0.1) is 17.0 Å². The predicted octanol–water partition coefficient (Wildman–Crippen LogP) is 4.11. The third-order valence-corrected chi connectivity index (χ3v) is 3.96. The molecule has 5 nitrogen and oxygen atoms in total. The van der Waals surface area contributed by atoms with E-state index < -0.39 is 4.92 Å². The molecule has 20 heavy (non-hydrogen) atoms. The normalized spacial score (nSPS) is 12.3. The molecular weight excluding hydrogens is 324 g/mol. The maximum Gasteiger partial charge on any atom is 0.283 e. The van der Waals surface area contributed by atoms with E-state index in [1.807, 2.05) is 32.0 Å². The number of halogens is 1. The highest BCUT2D eigenvalue weighted by atomic mass is 79.9. The molecule has 0 saturated heterocycles. The van der Waals surface area contributed by atoms with Gasteiger partial charge in [-0.3, -0.25) is 10.1 Å². The molecule has 0 radical (unpaired) electrons. The number of hydrogen-bond acceptors (Lipinski definition) is 4. The first-order valence-corrected chi connectivity index (χ1v) is 7.00. The summed E-state index contributed by atoms with van der Waals surface area (Å²) in [5, 5.41) is 14.2. The highest BCUT2D eigenvalue weighted by Gasteiger charge is 2.16. The standard InChI is InChI=1S/C14H15BrN2O3/c1-9-6-7-13(20-9)10(2)16-8-11-4-3-5-12(14(11)15)17(18)19/h3-7,10,16H,8H2,1-2H3. The van der Waals surface area contributed by atoms with Crippen molar-refractivity contribution in [1.82, 2.24) is 5.32 Å². The van der Waals surface area contributed by atoms with Crippen molar-refractivity contribution in [3.63, 3.8) is 0 Å². The Labute approximate surface area is 125 Å². The number of benzene rings is 1. The highest BCUT2D eigenvalue weighted by molar-refractivity contribution is 9.10. The number of aryl methyl sites for hydroxylation is 1. The van der Waals surface area contributed by atoms with Crippen molar-refractivity contribution in [1.29, 1.82) is 0 Å². The summed E-state index contributed by atoms with van der Waals surface area (Å²) in [6.45, 7) is 4.40. The van der Waals surface area contributed by atoms with Gasteiger partial charge < -0.3 is 9.73 Å². The minimum absolute atomic E-state index is 0.0369.